The standard InChI is InChI=1S/C18H22F3N3O4S/c1-17(2,3)28-16(26)24-12(15(25)23-10-9-22)8-11-29-14-7-5-4-6-13(14)27-18(19,20)21/h4-7,12H,8,10-11H2,1-3H3,(H,23,25)(H,24,26). The second kappa shape index (κ2) is 10.8. The Labute approximate surface area is 170 Å². The fourth-order valence-corrected chi connectivity index (χ4v) is 3.03. The van der Waals surface area contributed by atoms with Gasteiger partial charge in [-0.05, 0) is 39.3 Å². The third-order valence-corrected chi connectivity index (χ3v) is 4.18. The van der Waals surface area contributed by atoms with Crippen LogP contribution in [0.3, 0.4) is 0 Å². The van der Waals surface area contributed by atoms with Gasteiger partial charge in [-0.15, -0.1) is 24.9 Å². The Morgan fingerprint density at radius 3 is 2.48 bits per heavy atom. The quantitative estimate of drug-likeness (QED) is 0.480. The Hall–Kier alpha value is -2.61. The number of nitriles is 1. The molecule has 0 radical (unpaired) electrons. The van der Waals surface area contributed by atoms with Crippen LogP contribution in [-0.4, -0.2) is 42.3 Å². The third-order valence-electron chi connectivity index (χ3n) is 3.09. The maximum atomic E-state index is 12.5. The summed E-state index contributed by atoms with van der Waals surface area (Å²) in [5.74, 6) is -0.757. The van der Waals surface area contributed by atoms with E-state index in [2.05, 4.69) is 15.4 Å². The SMILES string of the molecule is CC(C)(C)OC(=O)NC(CCSc1ccccc1OC(F)(F)F)C(=O)NCC#N. The number of thioether (sulfide) groups is 1. The van der Waals surface area contributed by atoms with Crippen LogP contribution in [0.2, 0.25) is 0 Å². The summed E-state index contributed by atoms with van der Waals surface area (Å²) in [6.45, 7) is 4.72. The van der Waals surface area contributed by atoms with E-state index in [-0.39, 0.29) is 29.4 Å². The molecule has 1 aromatic rings. The molecular weight excluding hydrogens is 411 g/mol. The minimum absolute atomic E-state index is 0.0848. The van der Waals surface area contributed by atoms with Crippen LogP contribution in [0, 0.1) is 11.3 Å². The summed E-state index contributed by atoms with van der Waals surface area (Å²) in [4.78, 5) is 24.4. The molecule has 1 atom stereocenters. The molecule has 11 heteroatoms. The van der Waals surface area contributed by atoms with E-state index in [0.717, 1.165) is 11.8 Å². The summed E-state index contributed by atoms with van der Waals surface area (Å²) >= 11 is 1.04. The first-order chi connectivity index (χ1) is 13.4. The zero-order chi connectivity index (χ0) is 22.1. The number of rotatable bonds is 8. The fraction of sp³-hybridized carbons (Fsp3) is 0.500. The number of ether oxygens (including phenoxy) is 2. The van der Waals surface area contributed by atoms with Gasteiger partial charge in [-0.1, -0.05) is 12.1 Å². The molecule has 0 spiro atoms. The Morgan fingerprint density at radius 2 is 1.90 bits per heavy atom. The van der Waals surface area contributed by atoms with Crippen LogP contribution in [0.15, 0.2) is 29.2 Å². The molecule has 2 amide bonds. The Morgan fingerprint density at radius 1 is 1.24 bits per heavy atom. The number of para-hydroxylation sites is 1. The number of alkyl halides is 3. The minimum Gasteiger partial charge on any atom is -0.444 e. The van der Waals surface area contributed by atoms with Crippen LogP contribution in [-0.2, 0) is 9.53 Å². The number of carbonyl (C=O) groups is 2. The molecule has 0 fully saturated rings. The highest BCUT2D eigenvalue weighted by Crippen LogP contribution is 2.33. The lowest BCUT2D eigenvalue weighted by atomic mass is 10.2. The highest BCUT2D eigenvalue weighted by Gasteiger charge is 2.32. The van der Waals surface area contributed by atoms with Gasteiger partial charge in [0.1, 0.15) is 23.9 Å². The molecule has 0 aliphatic carbocycles. The predicted molar refractivity (Wildman–Crippen MR) is 100 cm³/mol. The van der Waals surface area contributed by atoms with Crippen molar-refractivity contribution >= 4 is 23.8 Å². The number of nitrogens with one attached hydrogen (secondary N) is 2. The molecule has 1 unspecified atom stereocenters. The molecule has 2 N–H and O–H groups in total. The fourth-order valence-electron chi connectivity index (χ4n) is 2.03. The molecule has 160 valence electrons. The van der Waals surface area contributed by atoms with Gasteiger partial charge in [-0.25, -0.2) is 4.79 Å². The maximum Gasteiger partial charge on any atom is 0.573 e. The number of hydrogen-bond donors (Lipinski definition) is 2. The number of carbonyl (C=O) groups excluding carboxylic acids is 2. The molecular formula is C18H22F3N3O4S. The second-order valence-corrected chi connectivity index (χ2v) is 7.84. The smallest absolute Gasteiger partial charge is 0.444 e. The van der Waals surface area contributed by atoms with Crippen molar-refractivity contribution in [2.45, 2.75) is 50.1 Å². The van der Waals surface area contributed by atoms with Gasteiger partial charge in [0, 0.05) is 10.6 Å². The highest BCUT2D eigenvalue weighted by atomic mass is 32.2. The van der Waals surface area contributed by atoms with Gasteiger partial charge in [0.05, 0.1) is 6.07 Å². The summed E-state index contributed by atoms with van der Waals surface area (Å²) in [6, 6.07) is 6.34. The van der Waals surface area contributed by atoms with Gasteiger partial charge in [0.2, 0.25) is 5.91 Å². The molecule has 29 heavy (non-hydrogen) atoms. The number of alkyl carbamates (subject to hydrolysis) is 1. The Kier molecular flexibility index (Phi) is 9.10. The van der Waals surface area contributed by atoms with Crippen molar-refractivity contribution in [3.63, 3.8) is 0 Å². The summed E-state index contributed by atoms with van der Waals surface area (Å²) in [5, 5.41) is 13.3. The summed E-state index contributed by atoms with van der Waals surface area (Å²) in [6.07, 6.45) is -5.56. The summed E-state index contributed by atoms with van der Waals surface area (Å²) in [5.41, 5.74) is -0.777. The van der Waals surface area contributed by atoms with E-state index in [1.165, 1.54) is 18.2 Å². The molecule has 0 saturated heterocycles. The van der Waals surface area contributed by atoms with E-state index >= 15 is 0 Å². The molecule has 0 aliphatic heterocycles. The molecule has 0 aromatic heterocycles. The zero-order valence-corrected chi connectivity index (χ0v) is 16.9. The number of nitrogens with zero attached hydrogens (tertiary/aromatic N) is 1. The maximum absolute atomic E-state index is 12.5. The van der Waals surface area contributed by atoms with Crippen LogP contribution >= 0.6 is 11.8 Å². The van der Waals surface area contributed by atoms with Crippen molar-refractivity contribution < 1.29 is 32.2 Å². The first-order valence-electron chi connectivity index (χ1n) is 8.53. The van der Waals surface area contributed by atoms with Crippen molar-refractivity contribution in [3.05, 3.63) is 24.3 Å². The molecule has 0 aliphatic rings. The van der Waals surface area contributed by atoms with E-state index in [0.29, 0.717) is 0 Å². The van der Waals surface area contributed by atoms with E-state index < -0.39 is 30.0 Å². The third kappa shape index (κ3) is 10.5. The van der Waals surface area contributed by atoms with Crippen molar-refractivity contribution in [2.75, 3.05) is 12.3 Å². The number of halogens is 3. The lowest BCUT2D eigenvalue weighted by molar-refractivity contribution is -0.275. The normalized spacial score (nSPS) is 12.4. The minimum atomic E-state index is -4.82. The molecule has 1 aromatic carbocycles. The van der Waals surface area contributed by atoms with Crippen molar-refractivity contribution in [1.29, 1.82) is 5.26 Å². The first-order valence-corrected chi connectivity index (χ1v) is 9.51. The number of benzene rings is 1. The van der Waals surface area contributed by atoms with Crippen LogP contribution in [0.4, 0.5) is 18.0 Å². The average molecular weight is 433 g/mol. The molecule has 0 bridgehead atoms. The zero-order valence-electron chi connectivity index (χ0n) is 16.1. The molecule has 1 rings (SSSR count). The van der Waals surface area contributed by atoms with Crippen molar-refractivity contribution in [1.82, 2.24) is 10.6 Å². The van der Waals surface area contributed by atoms with E-state index in [4.69, 9.17) is 10.00 Å². The van der Waals surface area contributed by atoms with Gasteiger partial charge >= 0.3 is 12.5 Å². The van der Waals surface area contributed by atoms with Gasteiger partial charge in [-0.2, -0.15) is 5.26 Å². The topological polar surface area (TPSA) is 100 Å². The Bertz CT molecular complexity index is 745. The van der Waals surface area contributed by atoms with Crippen molar-refractivity contribution in [3.8, 4) is 11.8 Å². The van der Waals surface area contributed by atoms with Crippen LogP contribution in [0.5, 0.6) is 5.75 Å². The monoisotopic (exact) mass is 433 g/mol. The van der Waals surface area contributed by atoms with E-state index in [1.807, 2.05) is 0 Å². The lowest BCUT2D eigenvalue weighted by Crippen LogP contribution is -2.48. The first kappa shape index (κ1) is 24.4. The molecule has 7 nitrogen and oxygen atoms in total. The largest absolute Gasteiger partial charge is 0.573 e. The highest BCUT2D eigenvalue weighted by molar-refractivity contribution is 7.99. The van der Waals surface area contributed by atoms with Gasteiger partial charge < -0.3 is 20.1 Å². The van der Waals surface area contributed by atoms with Crippen LogP contribution in [0.25, 0.3) is 0 Å². The van der Waals surface area contributed by atoms with Crippen molar-refractivity contribution in [2.24, 2.45) is 0 Å². The van der Waals surface area contributed by atoms with Crippen LogP contribution in [0.1, 0.15) is 27.2 Å². The summed E-state index contributed by atoms with van der Waals surface area (Å²) in [7, 11) is 0. The Balaban J connectivity index is 2.76. The predicted octanol–water partition coefficient (Wildman–Crippen LogP) is 3.60. The molecule has 0 heterocycles. The second-order valence-electron chi connectivity index (χ2n) is 6.71. The average Bonchev–Trinajstić information content (AvgIpc) is 2.57. The molecule has 0 saturated carbocycles. The van der Waals surface area contributed by atoms with Gasteiger partial charge in [0.15, 0.2) is 0 Å². The lowest BCUT2D eigenvalue weighted by Gasteiger charge is -2.23. The number of hydrogen-bond acceptors (Lipinski definition) is 6. The number of amides is 2. The van der Waals surface area contributed by atoms with Gasteiger partial charge in [0.25, 0.3) is 0 Å². The van der Waals surface area contributed by atoms with E-state index in [1.54, 1.807) is 32.9 Å². The van der Waals surface area contributed by atoms with E-state index in [9.17, 15) is 22.8 Å². The van der Waals surface area contributed by atoms with Gasteiger partial charge in [-0.3, -0.25) is 4.79 Å². The summed E-state index contributed by atoms with van der Waals surface area (Å²) < 4.78 is 46.6. The van der Waals surface area contributed by atoms with Crippen LogP contribution < -0.4 is 15.4 Å².